The van der Waals surface area contributed by atoms with Crippen LogP contribution in [0.4, 0.5) is 10.2 Å². The van der Waals surface area contributed by atoms with Gasteiger partial charge in [-0.15, -0.1) is 0 Å². The number of halogens is 1. The third-order valence-electron chi connectivity index (χ3n) is 4.71. The van der Waals surface area contributed by atoms with Gasteiger partial charge >= 0.3 is 0 Å². The van der Waals surface area contributed by atoms with Crippen LogP contribution in [-0.4, -0.2) is 65.5 Å². The molecule has 0 N–H and O–H groups in total. The smallest absolute Gasteiger partial charge is 0.246 e. The van der Waals surface area contributed by atoms with Gasteiger partial charge in [-0.25, -0.2) is 27.8 Å². The number of rotatable bonds is 5. The first-order valence-corrected chi connectivity index (χ1v) is 10.3. The van der Waals surface area contributed by atoms with Crippen molar-refractivity contribution in [2.24, 2.45) is 0 Å². The Hall–Kier alpha value is -3.05. The topological polar surface area (TPSA) is 93.5 Å². The van der Waals surface area contributed by atoms with Gasteiger partial charge in [0.05, 0.1) is 7.11 Å². The van der Waals surface area contributed by atoms with Crippen molar-refractivity contribution in [3.05, 3.63) is 55.1 Å². The molecule has 1 aliphatic heterocycles. The molecule has 1 saturated heterocycles. The number of hydrogen-bond donors (Lipinski definition) is 0. The molecule has 3 aromatic rings. The summed E-state index contributed by atoms with van der Waals surface area (Å²) in [5.74, 6) is 0.863. The Bertz CT molecular complexity index is 1100. The van der Waals surface area contributed by atoms with Crippen LogP contribution in [0.2, 0.25) is 0 Å². The van der Waals surface area contributed by atoms with Crippen molar-refractivity contribution in [3.8, 4) is 11.6 Å². The fourth-order valence-electron chi connectivity index (χ4n) is 3.19. The number of anilines is 1. The van der Waals surface area contributed by atoms with E-state index in [2.05, 4.69) is 15.0 Å². The third-order valence-corrected chi connectivity index (χ3v) is 6.63. The second-order valence-electron chi connectivity index (χ2n) is 6.39. The Kier molecular flexibility index (Phi) is 5.16. The highest BCUT2D eigenvalue weighted by atomic mass is 32.2. The lowest BCUT2D eigenvalue weighted by molar-refractivity contribution is 0.372. The molecular formula is C18H19FN6O3S. The zero-order chi connectivity index (χ0) is 20.4. The number of hydrogen-bond acceptors (Lipinski definition) is 7. The number of benzene rings is 1. The molecule has 0 spiro atoms. The SMILES string of the molecule is COc1ccc(F)cc1S(=O)(=O)N1CCN(c2cc(-n3ccnc3)ncn2)CC1. The summed E-state index contributed by atoms with van der Waals surface area (Å²) in [5.41, 5.74) is 0. The van der Waals surface area contributed by atoms with Gasteiger partial charge in [-0.05, 0) is 18.2 Å². The Morgan fingerprint density at radius 1 is 1.07 bits per heavy atom. The quantitative estimate of drug-likeness (QED) is 0.617. The number of ether oxygens (including phenoxy) is 1. The molecule has 152 valence electrons. The van der Waals surface area contributed by atoms with Gasteiger partial charge < -0.3 is 9.64 Å². The second-order valence-corrected chi connectivity index (χ2v) is 8.30. The summed E-state index contributed by atoms with van der Waals surface area (Å²) in [6.07, 6.45) is 6.55. The lowest BCUT2D eigenvalue weighted by Crippen LogP contribution is -2.49. The molecule has 11 heteroatoms. The number of sulfonamides is 1. The molecule has 0 bridgehead atoms. The van der Waals surface area contributed by atoms with Gasteiger partial charge in [-0.1, -0.05) is 0 Å². The molecule has 9 nitrogen and oxygen atoms in total. The number of imidazole rings is 1. The van der Waals surface area contributed by atoms with Crippen molar-refractivity contribution in [1.29, 1.82) is 0 Å². The monoisotopic (exact) mass is 418 g/mol. The van der Waals surface area contributed by atoms with Crippen molar-refractivity contribution in [2.45, 2.75) is 4.90 Å². The van der Waals surface area contributed by atoms with E-state index in [0.29, 0.717) is 24.7 Å². The largest absolute Gasteiger partial charge is 0.495 e. The van der Waals surface area contributed by atoms with Crippen LogP contribution in [0.15, 0.2) is 54.2 Å². The molecule has 1 aromatic carbocycles. The predicted molar refractivity (Wildman–Crippen MR) is 103 cm³/mol. The van der Waals surface area contributed by atoms with Crippen molar-refractivity contribution in [1.82, 2.24) is 23.8 Å². The van der Waals surface area contributed by atoms with E-state index in [1.807, 2.05) is 11.0 Å². The lowest BCUT2D eigenvalue weighted by atomic mass is 10.3. The molecule has 29 heavy (non-hydrogen) atoms. The van der Waals surface area contributed by atoms with Crippen LogP contribution in [0.25, 0.3) is 5.82 Å². The van der Waals surface area contributed by atoms with E-state index in [9.17, 15) is 12.8 Å². The van der Waals surface area contributed by atoms with E-state index in [1.54, 1.807) is 23.3 Å². The van der Waals surface area contributed by atoms with E-state index in [0.717, 1.165) is 6.07 Å². The van der Waals surface area contributed by atoms with E-state index in [-0.39, 0.29) is 23.7 Å². The van der Waals surface area contributed by atoms with Gasteiger partial charge in [0.25, 0.3) is 0 Å². The molecule has 3 heterocycles. The predicted octanol–water partition coefficient (Wildman–Crippen LogP) is 1.32. The summed E-state index contributed by atoms with van der Waals surface area (Å²) in [4.78, 5) is 14.3. The molecule has 0 radical (unpaired) electrons. The summed E-state index contributed by atoms with van der Waals surface area (Å²) in [6.45, 7) is 1.37. The molecule has 0 atom stereocenters. The fraction of sp³-hybridized carbons (Fsp3) is 0.278. The Labute approximate surface area is 167 Å². The Balaban J connectivity index is 1.51. The van der Waals surface area contributed by atoms with E-state index in [1.165, 1.54) is 29.9 Å². The molecule has 0 unspecified atom stereocenters. The zero-order valence-electron chi connectivity index (χ0n) is 15.6. The van der Waals surface area contributed by atoms with Crippen LogP contribution in [0, 0.1) is 5.82 Å². The fourth-order valence-corrected chi connectivity index (χ4v) is 4.78. The Morgan fingerprint density at radius 3 is 2.52 bits per heavy atom. The second kappa shape index (κ2) is 7.76. The van der Waals surface area contributed by atoms with E-state index in [4.69, 9.17) is 4.74 Å². The summed E-state index contributed by atoms with van der Waals surface area (Å²) < 4.78 is 47.9. The van der Waals surface area contributed by atoms with Crippen LogP contribution in [0.1, 0.15) is 0 Å². The minimum Gasteiger partial charge on any atom is -0.495 e. The van der Waals surface area contributed by atoms with Crippen LogP contribution >= 0.6 is 0 Å². The standard InChI is InChI=1S/C18H19FN6O3S/c1-28-15-3-2-14(19)10-16(15)29(26,27)25-8-6-23(7-9-25)17-11-18(22-12-21-17)24-5-4-20-13-24/h2-5,10-13H,6-9H2,1H3. The number of aromatic nitrogens is 4. The van der Waals surface area contributed by atoms with Crippen LogP contribution in [-0.2, 0) is 10.0 Å². The first-order chi connectivity index (χ1) is 14.0. The van der Waals surface area contributed by atoms with Crippen molar-refractivity contribution >= 4 is 15.8 Å². The molecule has 1 aliphatic rings. The number of piperazine rings is 1. The summed E-state index contributed by atoms with van der Waals surface area (Å²) in [6, 6.07) is 5.30. The molecule has 0 saturated carbocycles. The van der Waals surface area contributed by atoms with Crippen molar-refractivity contribution < 1.29 is 17.5 Å². The maximum atomic E-state index is 13.7. The van der Waals surface area contributed by atoms with Gasteiger partial charge in [0, 0.05) is 44.6 Å². The average molecular weight is 418 g/mol. The highest BCUT2D eigenvalue weighted by Crippen LogP contribution is 2.28. The molecule has 1 fully saturated rings. The summed E-state index contributed by atoms with van der Waals surface area (Å²) in [7, 11) is -2.52. The molecule has 4 rings (SSSR count). The highest BCUT2D eigenvalue weighted by Gasteiger charge is 2.31. The third kappa shape index (κ3) is 3.78. The minimum atomic E-state index is -3.88. The minimum absolute atomic E-state index is 0.120. The van der Waals surface area contributed by atoms with Gasteiger partial charge in [0.2, 0.25) is 10.0 Å². The molecule has 2 aromatic heterocycles. The molecular weight excluding hydrogens is 399 g/mol. The molecule has 0 amide bonds. The van der Waals surface area contributed by atoms with E-state index < -0.39 is 15.8 Å². The van der Waals surface area contributed by atoms with Crippen LogP contribution < -0.4 is 9.64 Å². The van der Waals surface area contributed by atoms with Crippen LogP contribution in [0.5, 0.6) is 5.75 Å². The first-order valence-electron chi connectivity index (χ1n) is 8.88. The van der Waals surface area contributed by atoms with Gasteiger partial charge in [0.1, 0.15) is 40.8 Å². The van der Waals surface area contributed by atoms with Gasteiger partial charge in [-0.2, -0.15) is 4.31 Å². The number of methoxy groups -OCH3 is 1. The molecule has 0 aliphatic carbocycles. The summed E-state index contributed by atoms with van der Waals surface area (Å²) >= 11 is 0. The lowest BCUT2D eigenvalue weighted by Gasteiger charge is -2.34. The van der Waals surface area contributed by atoms with Crippen LogP contribution in [0.3, 0.4) is 0 Å². The Morgan fingerprint density at radius 2 is 1.83 bits per heavy atom. The average Bonchev–Trinajstić information content (AvgIpc) is 3.29. The summed E-state index contributed by atoms with van der Waals surface area (Å²) in [5, 5.41) is 0. The maximum Gasteiger partial charge on any atom is 0.246 e. The van der Waals surface area contributed by atoms with Crippen molar-refractivity contribution in [2.75, 3.05) is 38.2 Å². The zero-order valence-corrected chi connectivity index (χ0v) is 16.5. The number of nitrogens with zero attached hydrogens (tertiary/aromatic N) is 6. The van der Waals surface area contributed by atoms with E-state index >= 15 is 0 Å². The highest BCUT2D eigenvalue weighted by molar-refractivity contribution is 7.89. The normalized spacial score (nSPS) is 15.4. The van der Waals surface area contributed by atoms with Crippen molar-refractivity contribution in [3.63, 3.8) is 0 Å². The maximum absolute atomic E-state index is 13.7. The first kappa shape index (κ1) is 19.3. The van der Waals surface area contributed by atoms with Gasteiger partial charge in [-0.3, -0.25) is 4.57 Å². The van der Waals surface area contributed by atoms with Gasteiger partial charge in [0.15, 0.2) is 0 Å².